The molecule has 0 amide bonds. The average molecular weight is 688 g/mol. The Labute approximate surface area is 267 Å². The monoisotopic (exact) mass is 688 g/mol. The first-order chi connectivity index (χ1) is 21.1. The molecule has 0 radical (unpaired) electrons. The number of unbranched alkanes of at least 4 members (excludes halogenated alkanes) is 3. The molecule has 0 aliphatic heterocycles. The Morgan fingerprint density at radius 2 is 1.05 bits per heavy atom. The summed E-state index contributed by atoms with van der Waals surface area (Å²) in [4.78, 5) is 0. The molecule has 0 saturated heterocycles. The average Bonchev–Trinajstić information content (AvgIpc) is 3.06. The molecule has 232 valence electrons. The molecular formula is C40H56O2Sn. The number of benzene rings is 3. The van der Waals surface area contributed by atoms with E-state index in [1.54, 1.807) is 13.3 Å². The Morgan fingerprint density at radius 3 is 1.47 bits per heavy atom. The molecule has 0 saturated carbocycles. The van der Waals surface area contributed by atoms with Gasteiger partial charge in [0, 0.05) is 0 Å². The Morgan fingerprint density at radius 1 is 0.628 bits per heavy atom. The summed E-state index contributed by atoms with van der Waals surface area (Å²) in [5.74, 6) is 0. The molecule has 0 aromatic heterocycles. The van der Waals surface area contributed by atoms with Crippen molar-refractivity contribution in [3.63, 3.8) is 0 Å². The van der Waals surface area contributed by atoms with Gasteiger partial charge in [0.1, 0.15) is 0 Å². The fraction of sp³-hybridized carbons (Fsp3) is 0.450. The minimum atomic E-state index is -2.09. The van der Waals surface area contributed by atoms with Crippen molar-refractivity contribution in [2.45, 2.75) is 102 Å². The predicted molar refractivity (Wildman–Crippen MR) is 188 cm³/mol. The summed E-state index contributed by atoms with van der Waals surface area (Å²) in [6.45, 7) is 7.28. The van der Waals surface area contributed by atoms with E-state index in [4.69, 9.17) is 4.74 Å². The molecule has 0 bridgehead atoms. The molecule has 0 unspecified atom stereocenters. The van der Waals surface area contributed by atoms with Crippen LogP contribution >= 0.6 is 0 Å². The van der Waals surface area contributed by atoms with Gasteiger partial charge in [0.15, 0.2) is 0 Å². The normalized spacial score (nSPS) is 13.2. The Hall–Kier alpha value is -2.14. The third-order valence-corrected chi connectivity index (χ3v) is 24.0. The van der Waals surface area contributed by atoms with Crippen molar-refractivity contribution in [3.05, 3.63) is 132 Å². The van der Waals surface area contributed by atoms with Crippen LogP contribution in [0.3, 0.4) is 0 Å². The second-order valence-electron chi connectivity index (χ2n) is 12.2. The van der Waals surface area contributed by atoms with E-state index in [1.807, 2.05) is 18.2 Å². The van der Waals surface area contributed by atoms with Crippen LogP contribution in [0.25, 0.3) is 0 Å². The van der Waals surface area contributed by atoms with E-state index >= 15 is 0 Å². The second kappa shape index (κ2) is 20.0. The van der Waals surface area contributed by atoms with Gasteiger partial charge in [-0.05, 0) is 0 Å². The number of ether oxygens (including phenoxy) is 1. The molecular weight excluding hydrogens is 631 g/mol. The fourth-order valence-electron chi connectivity index (χ4n) is 6.25. The van der Waals surface area contributed by atoms with Gasteiger partial charge >= 0.3 is 177 Å². The molecule has 3 aromatic rings. The van der Waals surface area contributed by atoms with Gasteiger partial charge < -0.3 is 0 Å². The van der Waals surface area contributed by atoms with E-state index in [9.17, 15) is 5.11 Å². The van der Waals surface area contributed by atoms with Gasteiger partial charge in [-0.1, -0.05) is 91.0 Å². The van der Waals surface area contributed by atoms with Crippen molar-refractivity contribution < 1.29 is 9.84 Å². The van der Waals surface area contributed by atoms with Gasteiger partial charge in [-0.15, -0.1) is 0 Å². The van der Waals surface area contributed by atoms with Crippen LogP contribution in [0.4, 0.5) is 0 Å². The van der Waals surface area contributed by atoms with Crippen molar-refractivity contribution in [3.8, 4) is 0 Å². The topological polar surface area (TPSA) is 29.5 Å². The van der Waals surface area contributed by atoms with E-state index in [0.29, 0.717) is 6.42 Å². The van der Waals surface area contributed by atoms with Gasteiger partial charge in [-0.2, -0.15) is 0 Å². The van der Waals surface area contributed by atoms with E-state index in [0.717, 1.165) is 23.1 Å². The molecule has 1 atom stereocenters. The molecule has 0 heterocycles. The van der Waals surface area contributed by atoms with Gasteiger partial charge in [-0.25, -0.2) is 0 Å². The number of hydrogen-bond donors (Lipinski definition) is 1. The SMILES string of the molecule is CCC[CH2][Sn]([CH2]/C=C\C/C=C/C[C@@H](O)COC(c1ccccc1)(c1ccccc1)c1ccccc1)([CH2]CCC)[CH2]CCC. The first-order valence-corrected chi connectivity index (χ1v) is 25.0. The van der Waals surface area contributed by atoms with Crippen LogP contribution in [0.2, 0.25) is 17.7 Å². The summed E-state index contributed by atoms with van der Waals surface area (Å²) in [5, 5.41) is 11.0. The molecule has 1 N–H and O–H groups in total. The van der Waals surface area contributed by atoms with E-state index in [2.05, 4.69) is 118 Å². The molecule has 43 heavy (non-hydrogen) atoms. The van der Waals surface area contributed by atoms with E-state index in [1.165, 1.54) is 43.0 Å². The van der Waals surface area contributed by atoms with E-state index < -0.39 is 30.1 Å². The minimum absolute atomic E-state index is 0.238. The molecule has 3 rings (SSSR count). The first-order valence-electron chi connectivity index (χ1n) is 16.9. The summed E-state index contributed by atoms with van der Waals surface area (Å²) in [5.41, 5.74) is 2.36. The molecule has 0 spiro atoms. The molecule has 3 aromatic carbocycles. The van der Waals surface area contributed by atoms with Crippen molar-refractivity contribution in [1.29, 1.82) is 0 Å². The van der Waals surface area contributed by atoms with Crippen molar-refractivity contribution >= 4 is 18.4 Å². The van der Waals surface area contributed by atoms with Gasteiger partial charge in [-0.3, -0.25) is 0 Å². The van der Waals surface area contributed by atoms with Crippen molar-refractivity contribution in [2.75, 3.05) is 6.61 Å². The Kier molecular flexibility index (Phi) is 16.4. The van der Waals surface area contributed by atoms with Crippen molar-refractivity contribution in [2.24, 2.45) is 0 Å². The standard InChI is InChI=1S/C28H29O2.3C4H9.Sn/c1-2-3-4-5-15-22-27(29)23-30-28(24-16-9-6-10-17-24,25-18-11-7-12-19-25)26-20-13-8-14-21-26;3*1-3-4-2;/h2-3,5-21,27,29H,1,4,22-23H2;3*1,3-4H2,2H3;/b3-2-,15-5+;;;;/t27-;;;;/m1..../s1. The first kappa shape index (κ1) is 35.3. The second-order valence-corrected chi connectivity index (χ2v) is 26.2. The molecule has 0 fully saturated rings. The molecule has 0 aliphatic carbocycles. The summed E-state index contributed by atoms with van der Waals surface area (Å²) < 4.78 is 12.9. The summed E-state index contributed by atoms with van der Waals surface area (Å²) in [6.07, 6.45) is 18.4. The van der Waals surface area contributed by atoms with Crippen LogP contribution in [0.15, 0.2) is 115 Å². The van der Waals surface area contributed by atoms with E-state index in [-0.39, 0.29) is 6.61 Å². The Balaban J connectivity index is 1.64. The van der Waals surface area contributed by atoms with Crippen LogP contribution in [0.5, 0.6) is 0 Å². The molecule has 2 nitrogen and oxygen atoms in total. The maximum atomic E-state index is 11.0. The third-order valence-electron chi connectivity index (χ3n) is 8.78. The van der Waals surface area contributed by atoms with Gasteiger partial charge in [0.2, 0.25) is 0 Å². The molecule has 0 aliphatic rings. The number of rotatable bonds is 21. The fourth-order valence-corrected chi connectivity index (χ4v) is 21.5. The number of aliphatic hydroxyl groups is 1. The zero-order valence-corrected chi connectivity index (χ0v) is 29.9. The van der Waals surface area contributed by atoms with Crippen LogP contribution in [0.1, 0.15) is 88.8 Å². The Bertz CT molecular complexity index is 1050. The van der Waals surface area contributed by atoms with Gasteiger partial charge in [0.25, 0.3) is 0 Å². The summed E-state index contributed by atoms with van der Waals surface area (Å²) in [6, 6.07) is 31.1. The molecule has 3 heteroatoms. The van der Waals surface area contributed by atoms with Crippen LogP contribution in [0, 0.1) is 0 Å². The third kappa shape index (κ3) is 11.1. The summed E-state index contributed by atoms with van der Waals surface area (Å²) >= 11 is -2.09. The zero-order valence-electron chi connectivity index (χ0n) is 27.1. The van der Waals surface area contributed by atoms with Gasteiger partial charge in [0.05, 0.1) is 0 Å². The zero-order chi connectivity index (χ0) is 30.6. The number of allylic oxidation sites excluding steroid dienone is 3. The van der Waals surface area contributed by atoms with Crippen LogP contribution in [-0.4, -0.2) is 36.2 Å². The van der Waals surface area contributed by atoms with Crippen LogP contribution in [-0.2, 0) is 10.3 Å². The number of aliphatic hydroxyl groups excluding tert-OH is 1. The number of hydrogen-bond acceptors (Lipinski definition) is 2. The maximum absolute atomic E-state index is 11.0. The summed E-state index contributed by atoms with van der Waals surface area (Å²) in [7, 11) is 0. The predicted octanol–water partition coefficient (Wildman–Crippen LogP) is 11.1. The van der Waals surface area contributed by atoms with Crippen molar-refractivity contribution in [1.82, 2.24) is 0 Å². The van der Waals surface area contributed by atoms with Crippen LogP contribution < -0.4 is 0 Å². The quantitative estimate of drug-likeness (QED) is 0.0686.